The topological polar surface area (TPSA) is 20.3 Å². The van der Waals surface area contributed by atoms with Crippen molar-refractivity contribution >= 4 is 40.9 Å². The van der Waals surface area contributed by atoms with Gasteiger partial charge in [0, 0.05) is 18.0 Å². The van der Waals surface area contributed by atoms with Crippen LogP contribution in [-0.4, -0.2) is 29.6 Å². The molecule has 0 radical (unpaired) electrons. The largest absolute Gasteiger partial charge is 0.342 e. The van der Waals surface area contributed by atoms with Crippen molar-refractivity contribution in [3.05, 3.63) is 28.2 Å². The maximum atomic E-state index is 12.1. The molecule has 1 aromatic rings. The van der Waals surface area contributed by atoms with Gasteiger partial charge in [-0.25, -0.2) is 0 Å². The van der Waals surface area contributed by atoms with Crippen LogP contribution >= 0.6 is 35.0 Å². The molecule has 19 heavy (non-hydrogen) atoms. The first-order valence-corrected chi connectivity index (χ1v) is 8.16. The van der Waals surface area contributed by atoms with Crippen LogP contribution in [0.25, 0.3) is 0 Å². The summed E-state index contributed by atoms with van der Waals surface area (Å²) in [4.78, 5) is 14.9. The maximum Gasteiger partial charge on any atom is 0.232 e. The van der Waals surface area contributed by atoms with Crippen molar-refractivity contribution in [2.75, 3.05) is 18.8 Å². The number of carbonyl (C=O) groups is 1. The first-order chi connectivity index (χ1) is 9.08. The molecule has 0 spiro atoms. The van der Waals surface area contributed by atoms with Gasteiger partial charge in [-0.2, -0.15) is 0 Å². The summed E-state index contributed by atoms with van der Waals surface area (Å²) >= 11 is 13.6. The van der Waals surface area contributed by atoms with E-state index in [1.807, 2.05) is 11.0 Å². The minimum absolute atomic E-state index is 0.174. The van der Waals surface area contributed by atoms with Gasteiger partial charge in [-0.05, 0) is 30.9 Å². The molecule has 1 aliphatic rings. The van der Waals surface area contributed by atoms with Gasteiger partial charge in [-0.15, -0.1) is 11.8 Å². The summed E-state index contributed by atoms with van der Waals surface area (Å²) in [5, 5.41) is 1.22. The molecule has 2 rings (SSSR count). The van der Waals surface area contributed by atoms with Crippen LogP contribution in [0.4, 0.5) is 0 Å². The van der Waals surface area contributed by atoms with Crippen LogP contribution in [0.1, 0.15) is 19.8 Å². The molecular formula is C14H17Cl2NOS. The molecule has 2 nitrogen and oxygen atoms in total. The average Bonchev–Trinajstić information content (AvgIpc) is 2.38. The molecule has 1 saturated heterocycles. The molecule has 1 aromatic carbocycles. The lowest BCUT2D eigenvalue weighted by Crippen LogP contribution is -2.38. The molecular weight excluding hydrogens is 301 g/mol. The Kier molecular flexibility index (Phi) is 5.43. The van der Waals surface area contributed by atoms with Crippen molar-refractivity contribution in [2.45, 2.75) is 24.7 Å². The number of piperidine rings is 1. The van der Waals surface area contributed by atoms with Crippen LogP contribution in [-0.2, 0) is 4.79 Å². The third kappa shape index (κ3) is 4.04. The highest BCUT2D eigenvalue weighted by molar-refractivity contribution is 8.00. The van der Waals surface area contributed by atoms with Crippen LogP contribution < -0.4 is 0 Å². The summed E-state index contributed by atoms with van der Waals surface area (Å²) in [6.45, 7) is 3.98. The lowest BCUT2D eigenvalue weighted by molar-refractivity contribution is -0.129. The fraction of sp³-hybridized carbons (Fsp3) is 0.500. The van der Waals surface area contributed by atoms with E-state index in [1.165, 1.54) is 11.8 Å². The van der Waals surface area contributed by atoms with Crippen LogP contribution in [0, 0.1) is 5.92 Å². The molecule has 0 saturated carbocycles. The van der Waals surface area contributed by atoms with E-state index in [9.17, 15) is 4.79 Å². The van der Waals surface area contributed by atoms with Gasteiger partial charge in [-0.3, -0.25) is 4.79 Å². The molecule has 0 bridgehead atoms. The van der Waals surface area contributed by atoms with Gasteiger partial charge < -0.3 is 4.90 Å². The fourth-order valence-corrected chi connectivity index (χ4v) is 3.69. The molecule has 1 amide bonds. The SMILES string of the molecule is CC1CCN(C(=O)CSc2c(Cl)cccc2Cl)CC1. The van der Waals surface area contributed by atoms with Crippen LogP contribution in [0.5, 0.6) is 0 Å². The van der Waals surface area contributed by atoms with Gasteiger partial charge in [0.1, 0.15) is 0 Å². The molecule has 104 valence electrons. The number of benzene rings is 1. The Morgan fingerprint density at radius 1 is 1.32 bits per heavy atom. The Morgan fingerprint density at radius 2 is 1.89 bits per heavy atom. The third-order valence-electron chi connectivity index (χ3n) is 3.40. The Balaban J connectivity index is 1.90. The highest BCUT2D eigenvalue weighted by Gasteiger charge is 2.20. The van der Waals surface area contributed by atoms with E-state index in [0.29, 0.717) is 15.8 Å². The second-order valence-electron chi connectivity index (χ2n) is 4.90. The van der Waals surface area contributed by atoms with Crippen molar-refractivity contribution in [2.24, 2.45) is 5.92 Å². The summed E-state index contributed by atoms with van der Waals surface area (Å²) in [6.07, 6.45) is 2.20. The van der Waals surface area contributed by atoms with E-state index in [4.69, 9.17) is 23.2 Å². The molecule has 0 N–H and O–H groups in total. The lowest BCUT2D eigenvalue weighted by Gasteiger charge is -2.30. The molecule has 1 fully saturated rings. The van der Waals surface area contributed by atoms with E-state index in [-0.39, 0.29) is 5.91 Å². The maximum absolute atomic E-state index is 12.1. The van der Waals surface area contributed by atoms with E-state index in [2.05, 4.69) is 6.92 Å². The van der Waals surface area contributed by atoms with Gasteiger partial charge in [0.15, 0.2) is 0 Å². The molecule has 0 aromatic heterocycles. The summed E-state index contributed by atoms with van der Waals surface area (Å²) < 4.78 is 0. The highest BCUT2D eigenvalue weighted by Crippen LogP contribution is 2.34. The summed E-state index contributed by atoms with van der Waals surface area (Å²) in [5.41, 5.74) is 0. The minimum atomic E-state index is 0.174. The van der Waals surface area contributed by atoms with Crippen LogP contribution in [0.3, 0.4) is 0 Å². The fourth-order valence-electron chi connectivity index (χ4n) is 2.10. The summed E-state index contributed by atoms with van der Waals surface area (Å²) in [6, 6.07) is 5.40. The number of rotatable bonds is 3. The molecule has 1 heterocycles. The zero-order chi connectivity index (χ0) is 13.8. The van der Waals surface area contributed by atoms with Crippen molar-refractivity contribution < 1.29 is 4.79 Å². The predicted octanol–water partition coefficient (Wildman–Crippen LogP) is 4.34. The number of hydrogen-bond donors (Lipinski definition) is 0. The Morgan fingerprint density at radius 3 is 2.47 bits per heavy atom. The van der Waals surface area contributed by atoms with E-state index >= 15 is 0 Å². The molecule has 0 aliphatic carbocycles. The Bertz CT molecular complexity index is 439. The monoisotopic (exact) mass is 317 g/mol. The van der Waals surface area contributed by atoms with Gasteiger partial charge in [0.25, 0.3) is 0 Å². The number of amides is 1. The van der Waals surface area contributed by atoms with Crippen molar-refractivity contribution in [1.82, 2.24) is 4.90 Å². The summed E-state index contributed by atoms with van der Waals surface area (Å²) in [5.74, 6) is 1.31. The van der Waals surface area contributed by atoms with Crippen molar-refractivity contribution in [1.29, 1.82) is 0 Å². The van der Waals surface area contributed by atoms with Gasteiger partial charge in [0.2, 0.25) is 5.91 Å². The van der Waals surface area contributed by atoms with Gasteiger partial charge in [-0.1, -0.05) is 36.2 Å². The van der Waals surface area contributed by atoms with E-state index in [1.54, 1.807) is 12.1 Å². The Hall–Kier alpha value is -0.380. The number of likely N-dealkylation sites (tertiary alicyclic amines) is 1. The molecule has 5 heteroatoms. The van der Waals surface area contributed by atoms with Gasteiger partial charge >= 0.3 is 0 Å². The number of thioether (sulfide) groups is 1. The minimum Gasteiger partial charge on any atom is -0.342 e. The zero-order valence-corrected chi connectivity index (χ0v) is 13.2. The first kappa shape index (κ1) is 15.0. The van der Waals surface area contributed by atoms with E-state index in [0.717, 1.165) is 36.7 Å². The first-order valence-electron chi connectivity index (χ1n) is 6.42. The smallest absolute Gasteiger partial charge is 0.232 e. The molecule has 0 atom stereocenters. The zero-order valence-electron chi connectivity index (χ0n) is 10.9. The second-order valence-corrected chi connectivity index (χ2v) is 6.70. The number of halogens is 2. The normalized spacial score (nSPS) is 16.7. The Labute approximate surface area is 128 Å². The molecule has 1 aliphatic heterocycles. The lowest BCUT2D eigenvalue weighted by atomic mass is 9.99. The van der Waals surface area contributed by atoms with Crippen molar-refractivity contribution in [3.63, 3.8) is 0 Å². The van der Waals surface area contributed by atoms with Gasteiger partial charge in [0.05, 0.1) is 15.8 Å². The number of carbonyl (C=O) groups excluding carboxylic acids is 1. The van der Waals surface area contributed by atoms with E-state index < -0.39 is 0 Å². The summed E-state index contributed by atoms with van der Waals surface area (Å²) in [7, 11) is 0. The van der Waals surface area contributed by atoms with Crippen LogP contribution in [0.15, 0.2) is 23.1 Å². The highest BCUT2D eigenvalue weighted by atomic mass is 35.5. The number of hydrogen-bond acceptors (Lipinski definition) is 2. The number of nitrogens with zero attached hydrogens (tertiary/aromatic N) is 1. The van der Waals surface area contributed by atoms with Crippen molar-refractivity contribution in [3.8, 4) is 0 Å². The second kappa shape index (κ2) is 6.87. The quantitative estimate of drug-likeness (QED) is 0.773. The van der Waals surface area contributed by atoms with Crippen LogP contribution in [0.2, 0.25) is 10.0 Å². The average molecular weight is 318 g/mol. The molecule has 0 unspecified atom stereocenters. The standard InChI is InChI=1S/C14H17Cl2NOS/c1-10-5-7-17(8-6-10)13(18)9-19-14-11(15)3-2-4-12(14)16/h2-4,10H,5-9H2,1H3. The predicted molar refractivity (Wildman–Crippen MR) is 82.2 cm³/mol. The third-order valence-corrected chi connectivity index (χ3v) is 5.37.